The Hall–Kier alpha value is -3.54. The molecule has 1 saturated heterocycles. The first-order valence-corrected chi connectivity index (χ1v) is 12.3. The Morgan fingerprint density at radius 2 is 1.71 bits per heavy atom. The van der Waals surface area contributed by atoms with E-state index in [2.05, 4.69) is 25.0 Å². The summed E-state index contributed by atoms with van der Waals surface area (Å²) in [5.41, 5.74) is 0.0679. The quantitative estimate of drug-likeness (QED) is 0.294. The summed E-state index contributed by atoms with van der Waals surface area (Å²) in [6, 6.07) is 1.09. The van der Waals surface area contributed by atoms with Crippen molar-refractivity contribution in [2.75, 3.05) is 6.61 Å². The summed E-state index contributed by atoms with van der Waals surface area (Å²) < 4.78 is 77.1. The van der Waals surface area contributed by atoms with Crippen molar-refractivity contribution in [3.63, 3.8) is 0 Å². The van der Waals surface area contributed by atoms with Crippen molar-refractivity contribution >= 4 is 11.2 Å². The lowest BCUT2D eigenvalue weighted by molar-refractivity contribution is -0.140. The lowest BCUT2D eigenvalue weighted by atomic mass is 9.92. The minimum absolute atomic E-state index is 0.0872. The van der Waals surface area contributed by atoms with Crippen molar-refractivity contribution in [1.82, 2.24) is 29.7 Å². The summed E-state index contributed by atoms with van der Waals surface area (Å²) in [4.78, 5) is 18.1. The van der Waals surface area contributed by atoms with E-state index >= 15 is 4.39 Å². The van der Waals surface area contributed by atoms with Crippen molar-refractivity contribution < 1.29 is 26.7 Å². The van der Waals surface area contributed by atoms with Gasteiger partial charge in [0.2, 0.25) is 0 Å². The van der Waals surface area contributed by atoms with Gasteiger partial charge in [-0.3, -0.25) is 4.68 Å². The zero-order valence-corrected chi connectivity index (χ0v) is 20.6. The van der Waals surface area contributed by atoms with Crippen LogP contribution >= 0.6 is 0 Å². The van der Waals surface area contributed by atoms with Gasteiger partial charge in [-0.15, -0.1) is 0 Å². The van der Waals surface area contributed by atoms with Gasteiger partial charge < -0.3 is 4.74 Å². The molecular formula is C26H23F5N6O. The van der Waals surface area contributed by atoms with Crippen LogP contribution in [0.2, 0.25) is 0 Å². The molecule has 2 aliphatic rings. The van der Waals surface area contributed by atoms with Crippen LogP contribution in [0.5, 0.6) is 0 Å². The highest BCUT2D eigenvalue weighted by Crippen LogP contribution is 2.41. The highest BCUT2D eigenvalue weighted by molar-refractivity contribution is 5.87. The molecule has 0 spiro atoms. The second-order valence-electron chi connectivity index (χ2n) is 9.87. The van der Waals surface area contributed by atoms with Crippen LogP contribution in [0.3, 0.4) is 0 Å². The van der Waals surface area contributed by atoms with E-state index < -0.39 is 28.9 Å². The highest BCUT2D eigenvalue weighted by Gasteiger charge is 2.36. The topological polar surface area (TPSA) is 78.6 Å². The molecule has 38 heavy (non-hydrogen) atoms. The third kappa shape index (κ3) is 4.50. The van der Waals surface area contributed by atoms with Gasteiger partial charge in [-0.25, -0.2) is 28.7 Å². The van der Waals surface area contributed by atoms with Gasteiger partial charge in [0.1, 0.15) is 28.7 Å². The summed E-state index contributed by atoms with van der Waals surface area (Å²) in [5.74, 6) is -2.75. The number of benzene rings is 1. The average Bonchev–Trinajstić information content (AvgIpc) is 3.61. The molecule has 0 amide bonds. The molecule has 2 atom stereocenters. The van der Waals surface area contributed by atoms with Crippen molar-refractivity contribution in [2.45, 2.75) is 63.8 Å². The van der Waals surface area contributed by atoms with E-state index in [1.165, 1.54) is 0 Å². The lowest BCUT2D eigenvalue weighted by Gasteiger charge is -2.28. The molecule has 6 rings (SSSR count). The van der Waals surface area contributed by atoms with Crippen molar-refractivity contribution in [2.24, 2.45) is 0 Å². The predicted molar refractivity (Wildman–Crippen MR) is 126 cm³/mol. The van der Waals surface area contributed by atoms with Gasteiger partial charge in [0, 0.05) is 29.8 Å². The molecule has 7 nitrogen and oxygen atoms in total. The Morgan fingerprint density at radius 3 is 2.45 bits per heavy atom. The van der Waals surface area contributed by atoms with Crippen molar-refractivity contribution in [3.8, 4) is 11.3 Å². The van der Waals surface area contributed by atoms with Gasteiger partial charge in [0.25, 0.3) is 0 Å². The number of hydrogen-bond acceptors (Lipinski definition) is 6. The Labute approximate surface area is 214 Å². The molecule has 1 saturated carbocycles. The van der Waals surface area contributed by atoms with Crippen molar-refractivity contribution in [3.05, 3.63) is 64.5 Å². The first-order chi connectivity index (χ1) is 18.1. The van der Waals surface area contributed by atoms with E-state index in [4.69, 9.17) is 4.74 Å². The monoisotopic (exact) mass is 530 g/mol. The van der Waals surface area contributed by atoms with Crippen LogP contribution in [0.4, 0.5) is 22.0 Å². The summed E-state index contributed by atoms with van der Waals surface area (Å²) in [5, 5.41) is 4.44. The summed E-state index contributed by atoms with van der Waals surface area (Å²) >= 11 is 0. The maximum atomic E-state index is 15.1. The molecule has 3 aromatic heterocycles. The molecular weight excluding hydrogens is 507 g/mol. The van der Waals surface area contributed by atoms with Gasteiger partial charge in [0.05, 0.1) is 35.3 Å². The van der Waals surface area contributed by atoms with Gasteiger partial charge in [-0.1, -0.05) is 0 Å². The Morgan fingerprint density at radius 1 is 0.947 bits per heavy atom. The van der Waals surface area contributed by atoms with Crippen LogP contribution in [0.1, 0.15) is 72.1 Å². The number of aryl methyl sites for hydroxylation is 2. The van der Waals surface area contributed by atoms with Crippen LogP contribution in [-0.4, -0.2) is 36.3 Å². The molecule has 0 unspecified atom stereocenters. The second-order valence-corrected chi connectivity index (χ2v) is 9.87. The van der Waals surface area contributed by atoms with E-state index in [1.807, 2.05) is 10.9 Å². The number of aromatic nitrogens is 6. The summed E-state index contributed by atoms with van der Waals surface area (Å²) in [6.45, 7) is 3.85. The van der Waals surface area contributed by atoms with Crippen LogP contribution in [0.15, 0.2) is 24.5 Å². The fourth-order valence-corrected chi connectivity index (χ4v) is 4.77. The van der Waals surface area contributed by atoms with Crippen LogP contribution in [-0.2, 0) is 10.9 Å². The third-order valence-electron chi connectivity index (χ3n) is 7.14. The normalized spacial score (nSPS) is 20.3. The molecule has 4 heterocycles. The zero-order chi connectivity index (χ0) is 26.8. The Kier molecular flexibility index (Phi) is 5.89. The largest absolute Gasteiger partial charge is 0.419 e. The molecule has 1 aliphatic heterocycles. The molecule has 1 aromatic carbocycles. The number of ether oxygens (including phenoxy) is 1. The molecule has 0 bridgehead atoms. The molecule has 4 aromatic rings. The number of hydrogen-bond donors (Lipinski definition) is 0. The van der Waals surface area contributed by atoms with E-state index in [0.717, 1.165) is 18.4 Å². The third-order valence-corrected chi connectivity index (χ3v) is 7.14. The maximum Gasteiger partial charge on any atom is 0.419 e. The fraction of sp³-hybridized carbons (Fsp3) is 0.423. The molecule has 1 aliphatic carbocycles. The minimum Gasteiger partial charge on any atom is -0.373 e. The Balaban J connectivity index is 1.43. The predicted octanol–water partition coefficient (Wildman–Crippen LogP) is 6.17. The number of halogens is 5. The van der Waals surface area contributed by atoms with Gasteiger partial charge in [-0.2, -0.15) is 18.3 Å². The first kappa shape index (κ1) is 24.8. The molecule has 2 fully saturated rings. The Bertz CT molecular complexity index is 1550. The molecule has 198 valence electrons. The van der Waals surface area contributed by atoms with Crippen molar-refractivity contribution in [1.29, 1.82) is 0 Å². The fourth-order valence-electron chi connectivity index (χ4n) is 4.77. The highest BCUT2D eigenvalue weighted by atomic mass is 19.4. The summed E-state index contributed by atoms with van der Waals surface area (Å²) in [6.07, 6.45) is 1.76. The van der Waals surface area contributed by atoms with E-state index in [9.17, 15) is 17.6 Å². The van der Waals surface area contributed by atoms with Crippen LogP contribution in [0.25, 0.3) is 22.4 Å². The zero-order valence-electron chi connectivity index (χ0n) is 20.6. The number of nitrogens with zero attached hydrogens (tertiary/aromatic N) is 6. The first-order valence-electron chi connectivity index (χ1n) is 12.3. The van der Waals surface area contributed by atoms with E-state index in [-0.39, 0.29) is 34.9 Å². The number of rotatable bonds is 4. The van der Waals surface area contributed by atoms with Crippen LogP contribution in [0, 0.1) is 25.5 Å². The van der Waals surface area contributed by atoms with Gasteiger partial charge >= 0.3 is 6.18 Å². The second kappa shape index (κ2) is 9.04. The van der Waals surface area contributed by atoms with Crippen LogP contribution < -0.4 is 0 Å². The molecule has 0 N–H and O–H groups in total. The number of alkyl halides is 3. The smallest absolute Gasteiger partial charge is 0.373 e. The SMILES string of the molecule is Cc1nc2nc([C@H]3CCO[C@H](c4cnn(C5CC5)c4)C3)nc(-c3cc(F)c(C(F)(F)F)cc3F)c2nc1C. The lowest BCUT2D eigenvalue weighted by Crippen LogP contribution is -2.20. The number of fused-ring (bicyclic) bond motifs is 1. The minimum atomic E-state index is -5.04. The molecule has 0 radical (unpaired) electrons. The summed E-state index contributed by atoms with van der Waals surface area (Å²) in [7, 11) is 0. The molecule has 12 heteroatoms. The van der Waals surface area contributed by atoms with Gasteiger partial charge in [0.15, 0.2) is 5.65 Å². The van der Waals surface area contributed by atoms with E-state index in [1.54, 1.807) is 20.0 Å². The average molecular weight is 531 g/mol. The van der Waals surface area contributed by atoms with E-state index in [0.29, 0.717) is 48.8 Å². The standard InChI is InChI=1S/C26H23F5N6O/c1-12-13(2)34-25-23(33-12)22(17-8-20(28)18(9-19(17)27)26(29,30)31)35-24(36-25)14-5-6-38-21(7-14)15-10-32-37(11-15)16-3-4-16/h8-11,14,16,21H,3-7H2,1-2H3/t14-,21-/m0/s1. The van der Waals surface area contributed by atoms with Gasteiger partial charge in [-0.05, 0) is 51.7 Å². The maximum absolute atomic E-state index is 15.1.